The van der Waals surface area contributed by atoms with E-state index >= 15 is 0 Å². The summed E-state index contributed by atoms with van der Waals surface area (Å²) < 4.78 is 0. The molecule has 0 radical (unpaired) electrons. The Labute approximate surface area is 140 Å². The Morgan fingerprint density at radius 2 is 0.875 bits per heavy atom. The van der Waals surface area contributed by atoms with Crippen LogP contribution in [0.2, 0.25) is 0 Å². The lowest BCUT2D eigenvalue weighted by molar-refractivity contribution is 1.17. The van der Waals surface area contributed by atoms with E-state index in [9.17, 15) is 0 Å². The molecule has 1 aliphatic rings. The summed E-state index contributed by atoms with van der Waals surface area (Å²) in [6.45, 7) is 0. The van der Waals surface area contributed by atoms with Crippen molar-refractivity contribution in [2.45, 2.75) is 0 Å². The largest absolute Gasteiger partial charge is 0.244 e. The summed E-state index contributed by atoms with van der Waals surface area (Å²) in [5.74, 6) is 0. The molecule has 5 rings (SSSR count). The lowest BCUT2D eigenvalue weighted by atomic mass is 9.83. The zero-order chi connectivity index (χ0) is 15.9. The maximum absolute atomic E-state index is 4.62. The van der Waals surface area contributed by atoms with Crippen LogP contribution in [0.1, 0.15) is 0 Å². The predicted octanol–water partition coefficient (Wildman–Crippen LogP) is 5.46. The van der Waals surface area contributed by atoms with Crippen LogP contribution in [-0.2, 0) is 0 Å². The molecular weight excluding hydrogens is 292 g/mol. The van der Waals surface area contributed by atoms with Gasteiger partial charge >= 0.3 is 0 Å². The van der Waals surface area contributed by atoms with E-state index in [1.807, 2.05) is 6.20 Å². The molecule has 0 fully saturated rings. The average molecular weight is 306 g/mol. The monoisotopic (exact) mass is 306 g/mol. The summed E-state index contributed by atoms with van der Waals surface area (Å²) in [4.78, 5) is 8.91. The van der Waals surface area contributed by atoms with Gasteiger partial charge in [-0.1, -0.05) is 72.8 Å². The van der Waals surface area contributed by atoms with Gasteiger partial charge in [0, 0.05) is 17.3 Å². The fourth-order valence-corrected chi connectivity index (χ4v) is 3.57. The zero-order valence-corrected chi connectivity index (χ0v) is 13.0. The molecule has 0 bridgehead atoms. The van der Waals surface area contributed by atoms with Crippen molar-refractivity contribution >= 4 is 0 Å². The van der Waals surface area contributed by atoms with Crippen LogP contribution in [0.3, 0.4) is 0 Å². The highest BCUT2D eigenvalue weighted by Crippen LogP contribution is 2.46. The molecule has 1 heterocycles. The Morgan fingerprint density at radius 1 is 0.458 bits per heavy atom. The third-order valence-corrected chi connectivity index (χ3v) is 4.62. The van der Waals surface area contributed by atoms with E-state index in [-0.39, 0.29) is 0 Å². The summed E-state index contributed by atoms with van der Waals surface area (Å²) in [6, 6.07) is 25.6. The Balaban J connectivity index is 2.01. The second-order valence-electron chi connectivity index (χ2n) is 5.92. The normalized spacial score (nSPS) is 11.3. The Bertz CT molecular complexity index is 779. The topological polar surface area (TPSA) is 25.8 Å². The van der Waals surface area contributed by atoms with Gasteiger partial charge in [-0.3, -0.25) is 0 Å². The molecule has 0 spiro atoms. The summed E-state index contributed by atoms with van der Waals surface area (Å²) in [7, 11) is 0. The van der Waals surface area contributed by atoms with Gasteiger partial charge in [-0.2, -0.15) is 0 Å². The van der Waals surface area contributed by atoms with Crippen molar-refractivity contribution < 1.29 is 0 Å². The van der Waals surface area contributed by atoms with E-state index in [2.05, 4.69) is 82.8 Å². The van der Waals surface area contributed by atoms with Gasteiger partial charge in [-0.25, -0.2) is 9.97 Å². The minimum absolute atomic E-state index is 0.988. The van der Waals surface area contributed by atoms with Crippen molar-refractivity contribution in [2.24, 2.45) is 0 Å². The summed E-state index contributed by atoms with van der Waals surface area (Å²) in [6.07, 6.45) is 3.55. The number of hydrogen-bond acceptors (Lipinski definition) is 2. The van der Waals surface area contributed by atoms with E-state index in [0.717, 1.165) is 16.8 Å². The summed E-state index contributed by atoms with van der Waals surface area (Å²) >= 11 is 0. The molecule has 4 aromatic rings. The van der Waals surface area contributed by atoms with Crippen LogP contribution in [0.5, 0.6) is 0 Å². The quantitative estimate of drug-likeness (QED) is 0.380. The van der Waals surface area contributed by atoms with Crippen molar-refractivity contribution in [2.75, 3.05) is 0 Å². The van der Waals surface area contributed by atoms with Gasteiger partial charge in [0.05, 0.1) is 5.69 Å². The average Bonchev–Trinajstić information content (AvgIpc) is 2.67. The van der Waals surface area contributed by atoms with Crippen LogP contribution in [0.4, 0.5) is 0 Å². The standard InChI is InChI=1S/C22H14N2/c1-2-8-16-15(7-1)17-9-3-4-11-19(17)21-13-23-14-24-22(21)20-12-6-5-10-18(16)20/h1-14H. The second-order valence-corrected chi connectivity index (χ2v) is 5.92. The van der Waals surface area contributed by atoms with Crippen LogP contribution in [-0.4, -0.2) is 9.97 Å². The van der Waals surface area contributed by atoms with E-state index in [4.69, 9.17) is 0 Å². The number of aromatic nitrogens is 2. The van der Waals surface area contributed by atoms with Crippen LogP contribution in [0, 0.1) is 0 Å². The minimum Gasteiger partial charge on any atom is -0.244 e. The van der Waals surface area contributed by atoms with Crippen molar-refractivity contribution in [1.29, 1.82) is 0 Å². The third kappa shape index (κ3) is 1.83. The lowest BCUT2D eigenvalue weighted by Gasteiger charge is -2.21. The first kappa shape index (κ1) is 13.2. The van der Waals surface area contributed by atoms with Gasteiger partial charge in [0.25, 0.3) is 0 Å². The smallest absolute Gasteiger partial charge is 0.116 e. The Hall–Kier alpha value is -3.26. The molecule has 0 saturated heterocycles. The number of rotatable bonds is 0. The number of fused-ring (bicyclic) bond motifs is 8. The minimum atomic E-state index is 0.988. The van der Waals surface area contributed by atoms with Crippen molar-refractivity contribution in [3.8, 4) is 44.6 Å². The van der Waals surface area contributed by atoms with Gasteiger partial charge in [-0.15, -0.1) is 0 Å². The first-order valence-corrected chi connectivity index (χ1v) is 8.02. The van der Waals surface area contributed by atoms with E-state index in [1.54, 1.807) is 6.33 Å². The predicted molar refractivity (Wildman–Crippen MR) is 97.3 cm³/mol. The molecular formula is C22H14N2. The Morgan fingerprint density at radius 3 is 1.42 bits per heavy atom. The van der Waals surface area contributed by atoms with Crippen LogP contribution >= 0.6 is 0 Å². The van der Waals surface area contributed by atoms with Crippen molar-refractivity contribution in [3.63, 3.8) is 0 Å². The highest BCUT2D eigenvalue weighted by Gasteiger charge is 2.21. The fraction of sp³-hybridized carbons (Fsp3) is 0. The summed E-state index contributed by atoms with van der Waals surface area (Å²) in [5, 5.41) is 0. The van der Waals surface area contributed by atoms with Crippen molar-refractivity contribution in [1.82, 2.24) is 9.97 Å². The second kappa shape index (κ2) is 5.14. The maximum Gasteiger partial charge on any atom is 0.116 e. The Kier molecular flexibility index (Phi) is 2.83. The highest BCUT2D eigenvalue weighted by molar-refractivity contribution is 6.01. The van der Waals surface area contributed by atoms with Gasteiger partial charge in [0.2, 0.25) is 0 Å². The molecule has 2 nitrogen and oxygen atoms in total. The molecule has 0 atom stereocenters. The SMILES string of the molecule is c1ccc2c(c1)-c1ccccc1-c1cncnc1-c1ccccc1-2. The van der Waals surface area contributed by atoms with Crippen LogP contribution < -0.4 is 0 Å². The molecule has 0 aliphatic heterocycles. The van der Waals surface area contributed by atoms with Crippen LogP contribution in [0.15, 0.2) is 85.3 Å². The molecule has 1 aromatic heterocycles. The fourth-order valence-electron chi connectivity index (χ4n) is 3.57. The van der Waals surface area contributed by atoms with Gasteiger partial charge in [-0.05, 0) is 27.8 Å². The van der Waals surface area contributed by atoms with Gasteiger partial charge in [0.15, 0.2) is 0 Å². The van der Waals surface area contributed by atoms with Crippen molar-refractivity contribution in [3.05, 3.63) is 85.3 Å². The van der Waals surface area contributed by atoms with E-state index < -0.39 is 0 Å². The van der Waals surface area contributed by atoms with Gasteiger partial charge < -0.3 is 0 Å². The first-order valence-electron chi connectivity index (χ1n) is 8.02. The number of nitrogens with zero attached hydrogens (tertiary/aromatic N) is 2. The van der Waals surface area contributed by atoms with E-state index in [0.29, 0.717) is 0 Å². The molecule has 1 aliphatic carbocycles. The molecule has 0 amide bonds. The molecule has 2 heteroatoms. The third-order valence-electron chi connectivity index (χ3n) is 4.62. The number of hydrogen-bond donors (Lipinski definition) is 0. The molecule has 0 unspecified atom stereocenters. The van der Waals surface area contributed by atoms with E-state index in [1.165, 1.54) is 27.8 Å². The lowest BCUT2D eigenvalue weighted by Crippen LogP contribution is -1.98. The van der Waals surface area contributed by atoms with Crippen LogP contribution in [0.25, 0.3) is 44.6 Å². The first-order chi connectivity index (χ1) is 11.9. The molecule has 112 valence electrons. The summed E-state index contributed by atoms with van der Waals surface area (Å²) in [5.41, 5.74) is 9.31. The molecule has 24 heavy (non-hydrogen) atoms. The van der Waals surface area contributed by atoms with Gasteiger partial charge in [0.1, 0.15) is 6.33 Å². The molecule has 0 N–H and O–H groups in total. The molecule has 3 aromatic carbocycles. The zero-order valence-electron chi connectivity index (χ0n) is 13.0. The highest BCUT2D eigenvalue weighted by atomic mass is 14.8. The molecule has 0 saturated carbocycles. The maximum atomic E-state index is 4.62. The number of benzene rings is 3.